The van der Waals surface area contributed by atoms with Gasteiger partial charge in [0, 0.05) is 17.3 Å². The van der Waals surface area contributed by atoms with Crippen molar-refractivity contribution in [1.82, 2.24) is 9.97 Å². The summed E-state index contributed by atoms with van der Waals surface area (Å²) < 4.78 is 6.07. The molecule has 0 aliphatic carbocycles. The molecule has 4 nitrogen and oxygen atoms in total. The van der Waals surface area contributed by atoms with E-state index >= 15 is 0 Å². The SMILES string of the molecule is CC1(C)CCc2cc(-c3ccnc(SCC(=O)c4ccccc4)n3)ccc2O1. The highest BCUT2D eigenvalue weighted by molar-refractivity contribution is 7.99. The quantitative estimate of drug-likeness (QED) is 0.339. The molecule has 4 rings (SSSR count). The molecule has 142 valence electrons. The summed E-state index contributed by atoms with van der Waals surface area (Å²) in [5.41, 5.74) is 3.71. The highest BCUT2D eigenvalue weighted by atomic mass is 32.2. The van der Waals surface area contributed by atoms with Crippen molar-refractivity contribution in [3.63, 3.8) is 0 Å². The van der Waals surface area contributed by atoms with E-state index in [-0.39, 0.29) is 11.4 Å². The first-order valence-electron chi connectivity index (χ1n) is 9.37. The van der Waals surface area contributed by atoms with Crippen molar-refractivity contribution in [3.8, 4) is 17.0 Å². The lowest BCUT2D eigenvalue weighted by atomic mass is 9.93. The van der Waals surface area contributed by atoms with Crippen molar-refractivity contribution in [2.75, 3.05) is 5.75 Å². The number of ketones is 1. The first-order chi connectivity index (χ1) is 13.5. The zero-order valence-electron chi connectivity index (χ0n) is 16.0. The fraction of sp³-hybridized carbons (Fsp3) is 0.261. The zero-order chi connectivity index (χ0) is 19.6. The fourth-order valence-corrected chi connectivity index (χ4v) is 3.95. The van der Waals surface area contributed by atoms with Crippen LogP contribution < -0.4 is 4.74 Å². The summed E-state index contributed by atoms with van der Waals surface area (Å²) in [6, 6.07) is 17.4. The van der Waals surface area contributed by atoms with Gasteiger partial charge in [-0.25, -0.2) is 9.97 Å². The smallest absolute Gasteiger partial charge is 0.188 e. The Labute approximate surface area is 169 Å². The van der Waals surface area contributed by atoms with E-state index in [0.717, 1.165) is 29.8 Å². The molecule has 1 aromatic heterocycles. The zero-order valence-corrected chi connectivity index (χ0v) is 16.8. The maximum atomic E-state index is 12.3. The van der Waals surface area contributed by atoms with Gasteiger partial charge in [0.15, 0.2) is 10.9 Å². The summed E-state index contributed by atoms with van der Waals surface area (Å²) in [7, 11) is 0. The average molecular weight is 391 g/mol. The van der Waals surface area contributed by atoms with Crippen LogP contribution in [0.4, 0.5) is 0 Å². The number of ether oxygens (including phenoxy) is 1. The average Bonchev–Trinajstić information content (AvgIpc) is 2.72. The summed E-state index contributed by atoms with van der Waals surface area (Å²) in [5.74, 6) is 1.35. The molecule has 0 N–H and O–H groups in total. The summed E-state index contributed by atoms with van der Waals surface area (Å²) in [5, 5.41) is 0.608. The number of hydrogen-bond donors (Lipinski definition) is 0. The van der Waals surface area contributed by atoms with Crippen LogP contribution in [-0.2, 0) is 6.42 Å². The van der Waals surface area contributed by atoms with Gasteiger partial charge >= 0.3 is 0 Å². The molecule has 0 fully saturated rings. The first kappa shape index (κ1) is 18.7. The minimum atomic E-state index is -0.113. The number of thioether (sulfide) groups is 1. The van der Waals surface area contributed by atoms with E-state index in [1.165, 1.54) is 17.3 Å². The number of fused-ring (bicyclic) bond motifs is 1. The second-order valence-electron chi connectivity index (χ2n) is 7.49. The standard InChI is InChI=1S/C23H22N2O2S/c1-23(2)12-10-18-14-17(8-9-21(18)27-23)19-11-13-24-22(25-19)28-15-20(26)16-6-4-3-5-7-16/h3-9,11,13-14H,10,12,15H2,1-2H3. The van der Waals surface area contributed by atoms with Gasteiger partial charge < -0.3 is 4.74 Å². The molecule has 2 aromatic carbocycles. The molecule has 0 atom stereocenters. The molecule has 1 aliphatic heterocycles. The van der Waals surface area contributed by atoms with E-state index in [1.807, 2.05) is 48.5 Å². The molecular weight excluding hydrogens is 368 g/mol. The second kappa shape index (κ2) is 7.76. The number of aryl methyl sites for hydroxylation is 1. The number of Topliss-reactive ketones (excluding diaryl/α,β-unsaturated/α-hetero) is 1. The van der Waals surface area contributed by atoms with Crippen molar-refractivity contribution >= 4 is 17.5 Å². The second-order valence-corrected chi connectivity index (χ2v) is 8.43. The van der Waals surface area contributed by atoms with Crippen molar-refractivity contribution in [1.29, 1.82) is 0 Å². The third-order valence-electron chi connectivity index (χ3n) is 4.80. The predicted octanol–water partition coefficient (Wildman–Crippen LogP) is 5.22. The Bertz CT molecular complexity index is 1000. The number of nitrogens with zero attached hydrogens (tertiary/aromatic N) is 2. The van der Waals surface area contributed by atoms with Crippen molar-refractivity contribution in [2.24, 2.45) is 0 Å². The number of benzene rings is 2. The Balaban J connectivity index is 1.49. The van der Waals surface area contributed by atoms with Gasteiger partial charge in [0.05, 0.1) is 11.4 Å². The van der Waals surface area contributed by atoms with Crippen LogP contribution in [0.2, 0.25) is 0 Å². The van der Waals surface area contributed by atoms with Crippen LogP contribution in [0, 0.1) is 0 Å². The number of carbonyl (C=O) groups is 1. The Kier molecular flexibility index (Phi) is 5.18. The lowest BCUT2D eigenvalue weighted by Gasteiger charge is -2.32. The predicted molar refractivity (Wildman–Crippen MR) is 112 cm³/mol. The molecule has 5 heteroatoms. The highest BCUT2D eigenvalue weighted by Crippen LogP contribution is 2.35. The van der Waals surface area contributed by atoms with Crippen LogP contribution in [0.25, 0.3) is 11.3 Å². The molecule has 3 aromatic rings. The van der Waals surface area contributed by atoms with Crippen LogP contribution >= 0.6 is 11.8 Å². The fourth-order valence-electron chi connectivity index (χ4n) is 3.23. The van der Waals surface area contributed by atoms with Gasteiger partial charge in [0.25, 0.3) is 0 Å². The van der Waals surface area contributed by atoms with Crippen LogP contribution in [0.15, 0.2) is 66.0 Å². The molecule has 0 saturated heterocycles. The first-order valence-corrected chi connectivity index (χ1v) is 10.4. The van der Waals surface area contributed by atoms with E-state index in [2.05, 4.69) is 29.9 Å². The maximum absolute atomic E-state index is 12.3. The summed E-state index contributed by atoms with van der Waals surface area (Å²) in [6.45, 7) is 4.24. The van der Waals surface area contributed by atoms with E-state index in [4.69, 9.17) is 4.74 Å². The van der Waals surface area contributed by atoms with Gasteiger partial charge in [-0.3, -0.25) is 4.79 Å². The summed E-state index contributed by atoms with van der Waals surface area (Å²) in [4.78, 5) is 21.3. The van der Waals surface area contributed by atoms with Gasteiger partial charge in [-0.1, -0.05) is 42.1 Å². The molecule has 2 heterocycles. The molecule has 28 heavy (non-hydrogen) atoms. The number of carbonyl (C=O) groups excluding carboxylic acids is 1. The van der Waals surface area contributed by atoms with Crippen molar-refractivity contribution in [2.45, 2.75) is 37.4 Å². The molecule has 0 bridgehead atoms. The van der Waals surface area contributed by atoms with E-state index in [1.54, 1.807) is 6.20 Å². The largest absolute Gasteiger partial charge is 0.488 e. The van der Waals surface area contributed by atoms with Crippen LogP contribution in [0.1, 0.15) is 36.2 Å². The minimum absolute atomic E-state index is 0.0770. The highest BCUT2D eigenvalue weighted by Gasteiger charge is 2.26. The Hall–Kier alpha value is -2.66. The number of rotatable bonds is 5. The normalized spacial score (nSPS) is 14.8. The van der Waals surface area contributed by atoms with Gasteiger partial charge in [-0.15, -0.1) is 0 Å². The minimum Gasteiger partial charge on any atom is -0.488 e. The molecule has 0 unspecified atom stereocenters. The molecular formula is C23H22N2O2S. The van der Waals surface area contributed by atoms with E-state index in [9.17, 15) is 4.79 Å². The summed E-state index contributed by atoms with van der Waals surface area (Å²) in [6.07, 6.45) is 3.74. The van der Waals surface area contributed by atoms with Crippen LogP contribution in [0.3, 0.4) is 0 Å². The molecule has 0 spiro atoms. The van der Waals surface area contributed by atoms with Crippen molar-refractivity contribution < 1.29 is 9.53 Å². The Morgan fingerprint density at radius 1 is 1.14 bits per heavy atom. The Morgan fingerprint density at radius 2 is 1.96 bits per heavy atom. The lowest BCUT2D eigenvalue weighted by Crippen LogP contribution is -2.32. The van der Waals surface area contributed by atoms with Gasteiger partial charge in [0.2, 0.25) is 0 Å². The van der Waals surface area contributed by atoms with E-state index < -0.39 is 0 Å². The van der Waals surface area contributed by atoms with Gasteiger partial charge in [-0.05, 0) is 56.5 Å². The molecule has 1 aliphatic rings. The maximum Gasteiger partial charge on any atom is 0.188 e. The summed E-state index contributed by atoms with van der Waals surface area (Å²) >= 11 is 1.36. The lowest BCUT2D eigenvalue weighted by molar-refractivity contribution is 0.0847. The van der Waals surface area contributed by atoms with Crippen LogP contribution in [-0.4, -0.2) is 27.1 Å². The number of hydrogen-bond acceptors (Lipinski definition) is 5. The van der Waals surface area contributed by atoms with Gasteiger partial charge in [-0.2, -0.15) is 0 Å². The Morgan fingerprint density at radius 3 is 2.79 bits per heavy atom. The third-order valence-corrected chi connectivity index (χ3v) is 5.66. The molecule has 0 saturated carbocycles. The third kappa shape index (κ3) is 4.25. The topological polar surface area (TPSA) is 52.1 Å². The van der Waals surface area contributed by atoms with Crippen molar-refractivity contribution in [3.05, 3.63) is 71.9 Å². The van der Waals surface area contributed by atoms with E-state index in [0.29, 0.717) is 16.5 Å². The molecule has 0 radical (unpaired) electrons. The van der Waals surface area contributed by atoms with Gasteiger partial charge in [0.1, 0.15) is 11.4 Å². The van der Waals surface area contributed by atoms with Crippen LogP contribution in [0.5, 0.6) is 5.75 Å². The monoisotopic (exact) mass is 390 g/mol. The molecule has 0 amide bonds. The number of aromatic nitrogens is 2.